The van der Waals surface area contributed by atoms with Crippen molar-refractivity contribution in [3.63, 3.8) is 0 Å². The summed E-state index contributed by atoms with van der Waals surface area (Å²) in [6.45, 7) is 1.36. The highest BCUT2D eigenvalue weighted by Gasteiger charge is 2.47. The number of thioether (sulfide) groups is 1. The molecular formula is C20H19F3N2O3S. The van der Waals surface area contributed by atoms with Crippen LogP contribution in [0.15, 0.2) is 47.1 Å². The van der Waals surface area contributed by atoms with Gasteiger partial charge in [0, 0.05) is 31.0 Å². The molecule has 0 radical (unpaired) electrons. The number of carbonyl (C=O) groups is 2. The number of hydrogen-bond acceptors (Lipinski definition) is 4. The van der Waals surface area contributed by atoms with Gasteiger partial charge in [-0.15, -0.1) is 11.8 Å². The Bertz CT molecular complexity index is 906. The Balaban J connectivity index is 1.46. The molecule has 5 nitrogen and oxygen atoms in total. The molecule has 0 unspecified atom stereocenters. The number of carbonyl (C=O) groups excluding carboxylic acids is 2. The molecule has 1 aromatic heterocycles. The van der Waals surface area contributed by atoms with Gasteiger partial charge >= 0.3 is 6.18 Å². The Morgan fingerprint density at radius 3 is 2.45 bits per heavy atom. The summed E-state index contributed by atoms with van der Waals surface area (Å²) in [5.41, 5.74) is -0.809. The van der Waals surface area contributed by atoms with Crippen molar-refractivity contribution in [2.75, 3.05) is 25.4 Å². The third-order valence-electron chi connectivity index (χ3n) is 5.42. The van der Waals surface area contributed by atoms with Crippen molar-refractivity contribution in [1.82, 2.24) is 9.80 Å². The van der Waals surface area contributed by atoms with Crippen LogP contribution in [0.3, 0.4) is 0 Å². The van der Waals surface area contributed by atoms with Crippen molar-refractivity contribution in [2.24, 2.45) is 0 Å². The van der Waals surface area contributed by atoms with E-state index in [1.807, 2.05) is 4.90 Å². The van der Waals surface area contributed by atoms with Gasteiger partial charge in [0.2, 0.25) is 0 Å². The van der Waals surface area contributed by atoms with Gasteiger partial charge in [0.05, 0.1) is 16.7 Å². The van der Waals surface area contributed by atoms with Crippen molar-refractivity contribution in [3.8, 4) is 0 Å². The fourth-order valence-electron chi connectivity index (χ4n) is 3.91. The monoisotopic (exact) mass is 424 g/mol. The van der Waals surface area contributed by atoms with E-state index in [0.717, 1.165) is 17.9 Å². The highest BCUT2D eigenvalue weighted by atomic mass is 32.2. The lowest BCUT2D eigenvalue weighted by molar-refractivity contribution is -0.137. The Hall–Kier alpha value is -2.42. The highest BCUT2D eigenvalue weighted by molar-refractivity contribution is 8.00. The lowest BCUT2D eigenvalue weighted by Gasteiger charge is -2.43. The maximum absolute atomic E-state index is 12.9. The number of benzene rings is 1. The number of amides is 2. The molecule has 1 aromatic carbocycles. The van der Waals surface area contributed by atoms with Gasteiger partial charge in [-0.3, -0.25) is 9.59 Å². The van der Waals surface area contributed by atoms with Gasteiger partial charge in [-0.1, -0.05) is 6.07 Å². The molecule has 154 valence electrons. The maximum atomic E-state index is 12.9. The molecule has 2 amide bonds. The normalized spacial score (nSPS) is 19.0. The number of furan rings is 1. The topological polar surface area (TPSA) is 53.8 Å². The summed E-state index contributed by atoms with van der Waals surface area (Å²) in [6, 6.07) is 7.79. The average Bonchev–Trinajstić information content (AvgIpc) is 3.38. The van der Waals surface area contributed by atoms with Crippen LogP contribution in [0.25, 0.3) is 0 Å². The quantitative estimate of drug-likeness (QED) is 0.728. The number of rotatable bonds is 2. The Labute approximate surface area is 169 Å². The van der Waals surface area contributed by atoms with E-state index >= 15 is 0 Å². The van der Waals surface area contributed by atoms with Crippen molar-refractivity contribution in [1.29, 1.82) is 0 Å². The predicted molar refractivity (Wildman–Crippen MR) is 102 cm³/mol. The minimum Gasteiger partial charge on any atom is -0.459 e. The van der Waals surface area contributed by atoms with Crippen LogP contribution in [0.1, 0.15) is 39.3 Å². The van der Waals surface area contributed by atoms with E-state index in [0.29, 0.717) is 32.5 Å². The fourth-order valence-corrected chi connectivity index (χ4v) is 5.37. The van der Waals surface area contributed by atoms with Crippen molar-refractivity contribution in [2.45, 2.75) is 23.9 Å². The van der Waals surface area contributed by atoms with E-state index < -0.39 is 22.5 Å². The molecule has 9 heteroatoms. The van der Waals surface area contributed by atoms with E-state index in [2.05, 4.69) is 0 Å². The molecule has 0 atom stereocenters. The summed E-state index contributed by atoms with van der Waals surface area (Å²) < 4.78 is 44.0. The smallest absolute Gasteiger partial charge is 0.416 e. The fraction of sp³-hybridized carbons (Fsp3) is 0.400. The van der Waals surface area contributed by atoms with Crippen LogP contribution in [-0.2, 0) is 6.18 Å². The molecule has 1 spiro atoms. The Morgan fingerprint density at radius 2 is 1.79 bits per heavy atom. The lowest BCUT2D eigenvalue weighted by atomic mass is 10.0. The second-order valence-corrected chi connectivity index (χ2v) is 8.56. The molecule has 2 aliphatic rings. The highest BCUT2D eigenvalue weighted by Crippen LogP contribution is 2.44. The molecule has 2 aliphatic heterocycles. The Morgan fingerprint density at radius 1 is 1.03 bits per heavy atom. The first-order chi connectivity index (χ1) is 13.8. The van der Waals surface area contributed by atoms with Gasteiger partial charge in [0.25, 0.3) is 11.8 Å². The second kappa shape index (κ2) is 7.44. The third-order valence-corrected chi connectivity index (χ3v) is 6.98. The van der Waals surface area contributed by atoms with Gasteiger partial charge in [0.1, 0.15) is 0 Å². The van der Waals surface area contributed by atoms with Gasteiger partial charge in [-0.05, 0) is 43.2 Å². The van der Waals surface area contributed by atoms with E-state index in [9.17, 15) is 22.8 Å². The van der Waals surface area contributed by atoms with E-state index in [-0.39, 0.29) is 17.2 Å². The molecule has 4 rings (SSSR count). The van der Waals surface area contributed by atoms with E-state index in [4.69, 9.17) is 4.42 Å². The lowest BCUT2D eigenvalue weighted by Crippen LogP contribution is -2.53. The molecule has 29 heavy (non-hydrogen) atoms. The first-order valence-electron chi connectivity index (χ1n) is 9.26. The predicted octanol–water partition coefficient (Wildman–Crippen LogP) is 4.12. The molecule has 2 aromatic rings. The third kappa shape index (κ3) is 3.75. The van der Waals surface area contributed by atoms with Crippen molar-refractivity contribution < 1.29 is 27.2 Å². The number of piperidine rings is 1. The largest absolute Gasteiger partial charge is 0.459 e. The molecule has 0 aliphatic carbocycles. The number of alkyl halides is 3. The van der Waals surface area contributed by atoms with Crippen LogP contribution in [0.5, 0.6) is 0 Å². The number of hydrogen-bond donors (Lipinski definition) is 0. The average molecular weight is 424 g/mol. The molecule has 0 N–H and O–H groups in total. The zero-order valence-electron chi connectivity index (χ0n) is 15.4. The van der Waals surface area contributed by atoms with E-state index in [1.165, 1.54) is 18.4 Å². The first kappa shape index (κ1) is 19.9. The van der Waals surface area contributed by atoms with Gasteiger partial charge in [-0.25, -0.2) is 0 Å². The number of nitrogens with zero attached hydrogens (tertiary/aromatic N) is 2. The van der Waals surface area contributed by atoms with Gasteiger partial charge in [-0.2, -0.15) is 13.2 Å². The molecule has 2 fully saturated rings. The minimum atomic E-state index is -4.49. The van der Waals surface area contributed by atoms with Crippen LogP contribution < -0.4 is 0 Å². The van der Waals surface area contributed by atoms with Crippen LogP contribution in [0.2, 0.25) is 0 Å². The zero-order valence-corrected chi connectivity index (χ0v) is 16.3. The van der Waals surface area contributed by atoms with Crippen molar-refractivity contribution in [3.05, 3.63) is 59.5 Å². The summed E-state index contributed by atoms with van der Waals surface area (Å²) in [4.78, 5) is 28.5. The maximum Gasteiger partial charge on any atom is 0.416 e. The summed E-state index contributed by atoms with van der Waals surface area (Å²) in [7, 11) is 0. The second-order valence-electron chi connectivity index (χ2n) is 7.10. The van der Waals surface area contributed by atoms with Crippen LogP contribution in [-0.4, -0.2) is 51.9 Å². The van der Waals surface area contributed by atoms with Crippen LogP contribution in [0, 0.1) is 0 Å². The van der Waals surface area contributed by atoms with Gasteiger partial charge < -0.3 is 14.2 Å². The molecule has 3 heterocycles. The molecular weight excluding hydrogens is 405 g/mol. The number of halogens is 3. The SMILES string of the molecule is O=C(c1cccc(C(F)(F)F)c1)N1CCC2(CC1)SCCN2C(=O)c1ccco1. The summed E-state index contributed by atoms with van der Waals surface area (Å²) in [5.74, 6) is 0.499. The van der Waals surface area contributed by atoms with Crippen LogP contribution in [0.4, 0.5) is 13.2 Å². The summed E-state index contributed by atoms with van der Waals surface area (Å²) >= 11 is 1.69. The molecule has 0 bridgehead atoms. The molecule has 2 saturated heterocycles. The Kier molecular flexibility index (Phi) is 5.10. The summed E-state index contributed by atoms with van der Waals surface area (Å²) in [6.07, 6.45) is -1.90. The van der Waals surface area contributed by atoms with Crippen LogP contribution >= 0.6 is 11.8 Å². The van der Waals surface area contributed by atoms with E-state index in [1.54, 1.807) is 28.8 Å². The van der Waals surface area contributed by atoms with Gasteiger partial charge in [0.15, 0.2) is 5.76 Å². The zero-order chi connectivity index (χ0) is 20.6. The van der Waals surface area contributed by atoms with Crippen molar-refractivity contribution >= 4 is 23.6 Å². The minimum absolute atomic E-state index is 0.0263. The summed E-state index contributed by atoms with van der Waals surface area (Å²) in [5, 5.41) is 0. The number of likely N-dealkylation sites (tertiary alicyclic amines) is 1. The molecule has 0 saturated carbocycles. The standard InChI is InChI=1S/C20H19F3N2O3S/c21-20(22,23)15-4-1-3-14(13-15)17(26)24-8-6-19(7-9-24)25(10-12-29-19)18(27)16-5-2-11-28-16/h1-5,11,13H,6-10,12H2. The first-order valence-corrected chi connectivity index (χ1v) is 10.2.